The van der Waals surface area contributed by atoms with Gasteiger partial charge in [0.25, 0.3) is 0 Å². The van der Waals surface area contributed by atoms with Gasteiger partial charge in [-0.05, 0) is 92.3 Å². The average molecular weight is 678 g/mol. The molecule has 0 amide bonds. The minimum Gasteiger partial charge on any atom is -0.456 e. The first-order chi connectivity index (χ1) is 26.3. The van der Waals surface area contributed by atoms with Gasteiger partial charge in [0.2, 0.25) is 0 Å². The Morgan fingerprint density at radius 3 is 1.74 bits per heavy atom. The first kappa shape index (κ1) is 29.6. The third-order valence-corrected chi connectivity index (χ3v) is 10.7. The molecule has 11 aromatic rings. The van der Waals surface area contributed by atoms with Gasteiger partial charge in [-0.1, -0.05) is 140 Å². The SMILES string of the molecule is c1ccc(-c2ccc(N(c3ccc(-c4cccc5oc6ccccc6c45)cc3)c3ccc4ccc5ccccc5c4c3)c3oc4ccccc4c23)cc1. The lowest BCUT2D eigenvalue weighted by atomic mass is 9.97. The topological polar surface area (TPSA) is 29.5 Å². The van der Waals surface area contributed by atoms with Crippen LogP contribution in [0.15, 0.2) is 197 Å². The molecule has 0 bridgehead atoms. The highest BCUT2D eigenvalue weighted by atomic mass is 16.3. The number of hydrogen-bond donors (Lipinski definition) is 0. The number of para-hydroxylation sites is 2. The lowest BCUT2D eigenvalue weighted by Gasteiger charge is -2.27. The summed E-state index contributed by atoms with van der Waals surface area (Å²) in [6, 6.07) is 66.7. The van der Waals surface area contributed by atoms with E-state index in [1.807, 2.05) is 18.2 Å². The van der Waals surface area contributed by atoms with Gasteiger partial charge in [0, 0.05) is 32.9 Å². The van der Waals surface area contributed by atoms with E-state index in [4.69, 9.17) is 8.83 Å². The zero-order valence-electron chi connectivity index (χ0n) is 28.7. The summed E-state index contributed by atoms with van der Waals surface area (Å²) in [6.45, 7) is 0. The molecule has 0 fully saturated rings. The predicted molar refractivity (Wildman–Crippen MR) is 222 cm³/mol. The number of fused-ring (bicyclic) bond motifs is 9. The van der Waals surface area contributed by atoms with Crippen LogP contribution in [0.2, 0.25) is 0 Å². The van der Waals surface area contributed by atoms with Gasteiger partial charge in [0.05, 0.1) is 5.69 Å². The van der Waals surface area contributed by atoms with Crippen LogP contribution in [0.5, 0.6) is 0 Å². The summed E-state index contributed by atoms with van der Waals surface area (Å²) in [5.41, 5.74) is 11.2. The number of hydrogen-bond acceptors (Lipinski definition) is 3. The average Bonchev–Trinajstić information content (AvgIpc) is 3.81. The van der Waals surface area contributed by atoms with E-state index in [9.17, 15) is 0 Å². The van der Waals surface area contributed by atoms with Crippen LogP contribution >= 0.6 is 0 Å². The molecule has 0 saturated heterocycles. The van der Waals surface area contributed by atoms with Gasteiger partial charge in [-0.2, -0.15) is 0 Å². The van der Waals surface area contributed by atoms with Crippen molar-refractivity contribution >= 4 is 82.5 Å². The van der Waals surface area contributed by atoms with Gasteiger partial charge in [-0.3, -0.25) is 0 Å². The Balaban J connectivity index is 1.16. The van der Waals surface area contributed by atoms with Crippen LogP contribution in [0, 0.1) is 0 Å². The van der Waals surface area contributed by atoms with E-state index in [2.05, 4.69) is 175 Å². The summed E-state index contributed by atoms with van der Waals surface area (Å²) in [5, 5.41) is 9.34. The lowest BCUT2D eigenvalue weighted by molar-refractivity contribution is 0.668. The number of furan rings is 2. The Morgan fingerprint density at radius 2 is 0.925 bits per heavy atom. The molecule has 0 aliphatic carbocycles. The van der Waals surface area contributed by atoms with Crippen LogP contribution in [0.3, 0.4) is 0 Å². The quantitative estimate of drug-likeness (QED) is 0.170. The smallest absolute Gasteiger partial charge is 0.160 e. The van der Waals surface area contributed by atoms with Crippen molar-refractivity contribution in [1.82, 2.24) is 0 Å². The number of nitrogens with zero attached hydrogens (tertiary/aromatic N) is 1. The summed E-state index contributed by atoms with van der Waals surface area (Å²) < 4.78 is 13.1. The molecule has 2 heterocycles. The van der Waals surface area contributed by atoms with Crippen LogP contribution in [-0.2, 0) is 0 Å². The zero-order valence-corrected chi connectivity index (χ0v) is 28.7. The third kappa shape index (κ3) is 4.68. The van der Waals surface area contributed by atoms with E-state index in [1.165, 1.54) is 21.5 Å². The van der Waals surface area contributed by atoms with E-state index < -0.39 is 0 Å². The highest BCUT2D eigenvalue weighted by molar-refractivity contribution is 6.17. The summed E-state index contributed by atoms with van der Waals surface area (Å²) in [5.74, 6) is 0. The van der Waals surface area contributed by atoms with Gasteiger partial charge >= 0.3 is 0 Å². The zero-order chi connectivity index (χ0) is 34.9. The summed E-state index contributed by atoms with van der Waals surface area (Å²) in [4.78, 5) is 2.35. The summed E-state index contributed by atoms with van der Waals surface area (Å²) in [7, 11) is 0. The van der Waals surface area contributed by atoms with Crippen molar-refractivity contribution < 1.29 is 8.83 Å². The predicted octanol–water partition coefficient (Wildman–Crippen LogP) is 14.6. The number of rotatable bonds is 5. The van der Waals surface area contributed by atoms with Crippen LogP contribution in [0.1, 0.15) is 0 Å². The Kier molecular flexibility index (Phi) is 6.55. The van der Waals surface area contributed by atoms with Crippen molar-refractivity contribution in [3.8, 4) is 22.3 Å². The van der Waals surface area contributed by atoms with Gasteiger partial charge in [0.1, 0.15) is 16.7 Å². The maximum absolute atomic E-state index is 6.85. The van der Waals surface area contributed by atoms with Gasteiger partial charge in [-0.15, -0.1) is 0 Å². The standard InChI is InChI=1S/C50H31NO2/c1-2-11-32(12-3-1)40-29-30-44(50-49(40)42-16-7-9-19-46(42)53-50)51(37-28-25-35-22-21-33-13-4-5-14-38(33)43(35)31-37)36-26-23-34(24-27-36)39-17-10-20-47-48(39)41-15-6-8-18-45(41)52-47/h1-31H. The summed E-state index contributed by atoms with van der Waals surface area (Å²) >= 11 is 0. The highest BCUT2D eigenvalue weighted by Gasteiger charge is 2.23. The molecular formula is C50H31NO2. The van der Waals surface area contributed by atoms with Crippen molar-refractivity contribution in [2.75, 3.05) is 4.90 Å². The molecule has 53 heavy (non-hydrogen) atoms. The van der Waals surface area contributed by atoms with E-state index >= 15 is 0 Å². The van der Waals surface area contributed by atoms with Crippen LogP contribution in [-0.4, -0.2) is 0 Å². The van der Waals surface area contributed by atoms with Crippen molar-refractivity contribution in [3.63, 3.8) is 0 Å². The maximum atomic E-state index is 6.85. The van der Waals surface area contributed by atoms with Gasteiger partial charge in [-0.25, -0.2) is 0 Å². The molecule has 0 spiro atoms. The molecule has 0 saturated carbocycles. The molecule has 11 rings (SSSR count). The van der Waals surface area contributed by atoms with Crippen molar-refractivity contribution in [1.29, 1.82) is 0 Å². The largest absolute Gasteiger partial charge is 0.456 e. The fourth-order valence-corrected chi connectivity index (χ4v) is 8.21. The second kappa shape index (κ2) is 11.7. The molecule has 3 heteroatoms. The molecule has 2 aromatic heterocycles. The Labute approximate surface area is 305 Å². The van der Waals surface area contributed by atoms with E-state index in [-0.39, 0.29) is 0 Å². The minimum absolute atomic E-state index is 0.851. The molecule has 0 aliphatic rings. The molecule has 0 radical (unpaired) electrons. The van der Waals surface area contributed by atoms with E-state index in [0.29, 0.717) is 0 Å². The minimum atomic E-state index is 0.851. The monoisotopic (exact) mass is 677 g/mol. The van der Waals surface area contributed by atoms with Crippen molar-refractivity contribution in [2.24, 2.45) is 0 Å². The molecule has 3 nitrogen and oxygen atoms in total. The van der Waals surface area contributed by atoms with Crippen LogP contribution in [0.25, 0.3) is 87.7 Å². The fourth-order valence-electron chi connectivity index (χ4n) is 8.21. The molecule has 0 aliphatic heterocycles. The summed E-state index contributed by atoms with van der Waals surface area (Å²) in [6.07, 6.45) is 0. The molecule has 0 unspecified atom stereocenters. The Hall–Kier alpha value is -7.10. The molecular weight excluding hydrogens is 647 g/mol. The second-order valence-corrected chi connectivity index (χ2v) is 13.7. The maximum Gasteiger partial charge on any atom is 0.160 e. The van der Waals surface area contributed by atoms with E-state index in [0.717, 1.165) is 83.2 Å². The first-order valence-corrected chi connectivity index (χ1v) is 18.0. The van der Waals surface area contributed by atoms with Gasteiger partial charge in [0.15, 0.2) is 5.58 Å². The normalized spacial score (nSPS) is 11.8. The van der Waals surface area contributed by atoms with Crippen LogP contribution < -0.4 is 4.90 Å². The van der Waals surface area contributed by atoms with Crippen LogP contribution in [0.4, 0.5) is 17.1 Å². The fraction of sp³-hybridized carbons (Fsp3) is 0. The Morgan fingerprint density at radius 1 is 0.340 bits per heavy atom. The first-order valence-electron chi connectivity index (χ1n) is 18.0. The molecule has 0 atom stereocenters. The molecule has 9 aromatic carbocycles. The second-order valence-electron chi connectivity index (χ2n) is 13.7. The molecule has 248 valence electrons. The van der Waals surface area contributed by atoms with Crippen molar-refractivity contribution in [3.05, 3.63) is 188 Å². The highest BCUT2D eigenvalue weighted by Crippen LogP contribution is 2.47. The lowest BCUT2D eigenvalue weighted by Crippen LogP contribution is -2.10. The Bertz CT molecular complexity index is 3170. The van der Waals surface area contributed by atoms with Crippen molar-refractivity contribution in [2.45, 2.75) is 0 Å². The number of benzene rings is 9. The third-order valence-electron chi connectivity index (χ3n) is 10.7. The van der Waals surface area contributed by atoms with E-state index in [1.54, 1.807) is 0 Å². The molecule has 0 N–H and O–H groups in total. The number of anilines is 3. The van der Waals surface area contributed by atoms with Gasteiger partial charge < -0.3 is 13.7 Å².